The Morgan fingerprint density at radius 2 is 1.80 bits per heavy atom. The first-order valence-electron chi connectivity index (χ1n) is 9.65. The fourth-order valence-electron chi connectivity index (χ4n) is 3.48. The zero-order valence-electron chi connectivity index (χ0n) is 17.6. The van der Waals surface area contributed by atoms with Crippen molar-refractivity contribution < 1.29 is 14.3 Å². The number of methoxy groups -OCH3 is 1. The van der Waals surface area contributed by atoms with Crippen LogP contribution in [0.15, 0.2) is 59.7 Å². The Morgan fingerprint density at radius 3 is 2.50 bits per heavy atom. The van der Waals surface area contributed by atoms with Gasteiger partial charge in [-0.25, -0.2) is 10.2 Å². The van der Waals surface area contributed by atoms with E-state index in [-0.39, 0.29) is 18.3 Å². The number of carbonyl (C=O) groups is 2. The number of hydrogen-bond acceptors (Lipinski definition) is 4. The van der Waals surface area contributed by atoms with Crippen LogP contribution < -0.4 is 5.43 Å². The van der Waals surface area contributed by atoms with Gasteiger partial charge in [-0.3, -0.25) is 4.79 Å². The zero-order chi connectivity index (χ0) is 21.7. The summed E-state index contributed by atoms with van der Waals surface area (Å²) in [5, 5.41) is 4.12. The Bertz CT molecular complexity index is 1100. The molecule has 0 spiro atoms. The van der Waals surface area contributed by atoms with Crippen molar-refractivity contribution in [2.45, 2.75) is 27.2 Å². The predicted molar refractivity (Wildman–Crippen MR) is 117 cm³/mol. The summed E-state index contributed by atoms with van der Waals surface area (Å²) in [7, 11) is 1.38. The highest BCUT2D eigenvalue weighted by atomic mass is 16.5. The van der Waals surface area contributed by atoms with Crippen LogP contribution in [0.2, 0.25) is 0 Å². The van der Waals surface area contributed by atoms with E-state index in [1.807, 2.05) is 69.3 Å². The second-order valence-corrected chi connectivity index (χ2v) is 7.06. The van der Waals surface area contributed by atoms with Crippen LogP contribution in [0, 0.1) is 20.8 Å². The number of amides is 1. The van der Waals surface area contributed by atoms with Crippen molar-refractivity contribution in [1.82, 2.24) is 9.99 Å². The van der Waals surface area contributed by atoms with Gasteiger partial charge in [0.2, 0.25) is 5.91 Å². The lowest BCUT2D eigenvalue weighted by atomic mass is 10.1. The van der Waals surface area contributed by atoms with Crippen LogP contribution >= 0.6 is 0 Å². The minimum atomic E-state index is -0.361. The highest BCUT2D eigenvalue weighted by Crippen LogP contribution is 2.25. The molecule has 0 aliphatic carbocycles. The van der Waals surface area contributed by atoms with Crippen molar-refractivity contribution in [2.24, 2.45) is 5.10 Å². The van der Waals surface area contributed by atoms with Gasteiger partial charge in [0.1, 0.15) is 0 Å². The first kappa shape index (κ1) is 21.0. The number of nitrogens with one attached hydrogen (secondary N) is 1. The molecule has 154 valence electrons. The summed E-state index contributed by atoms with van der Waals surface area (Å²) in [6.45, 7) is 5.87. The van der Waals surface area contributed by atoms with Crippen molar-refractivity contribution in [1.29, 1.82) is 0 Å². The highest BCUT2D eigenvalue weighted by molar-refractivity contribution is 5.92. The largest absolute Gasteiger partial charge is 0.465 e. The smallest absolute Gasteiger partial charge is 0.338 e. The van der Waals surface area contributed by atoms with Gasteiger partial charge in [-0.15, -0.1) is 0 Å². The van der Waals surface area contributed by atoms with Gasteiger partial charge in [0.15, 0.2) is 0 Å². The molecule has 2 aromatic carbocycles. The molecular weight excluding hydrogens is 378 g/mol. The monoisotopic (exact) mass is 403 g/mol. The molecule has 3 aromatic rings. The molecule has 1 N–H and O–H groups in total. The van der Waals surface area contributed by atoms with Crippen LogP contribution in [-0.4, -0.2) is 29.8 Å². The van der Waals surface area contributed by atoms with E-state index in [1.165, 1.54) is 7.11 Å². The van der Waals surface area contributed by atoms with Gasteiger partial charge in [-0.05, 0) is 50.1 Å². The molecule has 3 rings (SSSR count). The summed E-state index contributed by atoms with van der Waals surface area (Å²) < 4.78 is 6.95. The lowest BCUT2D eigenvalue weighted by molar-refractivity contribution is -0.120. The second-order valence-electron chi connectivity index (χ2n) is 7.06. The number of esters is 1. The second kappa shape index (κ2) is 9.22. The first-order chi connectivity index (χ1) is 14.4. The number of nitrogens with zero attached hydrogens (tertiary/aromatic N) is 2. The maximum atomic E-state index is 12.1. The number of ether oxygens (including phenoxy) is 1. The molecule has 6 nitrogen and oxygen atoms in total. The van der Waals surface area contributed by atoms with E-state index in [4.69, 9.17) is 4.74 Å². The summed E-state index contributed by atoms with van der Waals surface area (Å²) in [4.78, 5) is 24.1. The molecule has 0 aliphatic rings. The molecular formula is C24H25N3O3. The molecule has 0 saturated carbocycles. The molecule has 6 heteroatoms. The number of hydrazone groups is 1. The number of aromatic nitrogens is 1. The fourth-order valence-corrected chi connectivity index (χ4v) is 3.48. The molecule has 1 heterocycles. The van der Waals surface area contributed by atoms with E-state index in [0.29, 0.717) is 5.56 Å². The van der Waals surface area contributed by atoms with Gasteiger partial charge in [-0.2, -0.15) is 5.10 Å². The fraction of sp³-hybridized carbons (Fsp3) is 0.208. The third-order valence-electron chi connectivity index (χ3n) is 5.02. The third-order valence-corrected chi connectivity index (χ3v) is 5.02. The van der Waals surface area contributed by atoms with Gasteiger partial charge < -0.3 is 9.30 Å². The number of aryl methyl sites for hydroxylation is 1. The van der Waals surface area contributed by atoms with Crippen molar-refractivity contribution in [3.63, 3.8) is 0 Å². The Hall–Kier alpha value is -3.67. The predicted octanol–water partition coefficient (Wildman–Crippen LogP) is 3.88. The number of benzene rings is 2. The van der Waals surface area contributed by atoms with Crippen LogP contribution in [0.1, 0.15) is 38.4 Å². The van der Waals surface area contributed by atoms with E-state index in [1.54, 1.807) is 12.3 Å². The Kier molecular flexibility index (Phi) is 6.47. The average molecular weight is 403 g/mol. The van der Waals surface area contributed by atoms with Gasteiger partial charge in [0.25, 0.3) is 0 Å². The van der Waals surface area contributed by atoms with E-state index >= 15 is 0 Å². The summed E-state index contributed by atoms with van der Waals surface area (Å²) in [5.74, 6) is -0.535. The topological polar surface area (TPSA) is 72.7 Å². The Morgan fingerprint density at radius 1 is 1.07 bits per heavy atom. The maximum Gasteiger partial charge on any atom is 0.338 e. The van der Waals surface area contributed by atoms with Crippen molar-refractivity contribution in [2.75, 3.05) is 7.11 Å². The number of hydrogen-bond donors (Lipinski definition) is 1. The first-order valence-corrected chi connectivity index (χ1v) is 9.65. The molecule has 0 fully saturated rings. The summed E-state index contributed by atoms with van der Waals surface area (Å²) >= 11 is 0. The summed E-state index contributed by atoms with van der Waals surface area (Å²) in [6.07, 6.45) is 1.91. The van der Waals surface area contributed by atoms with E-state index < -0.39 is 0 Å². The van der Waals surface area contributed by atoms with Crippen LogP contribution in [0.25, 0.3) is 5.69 Å². The standard InChI is InChI=1S/C24H25N3O3/c1-16-13-20(15-25-26-23(28)14-19-9-6-5-7-10-19)18(3)27(16)22-12-8-11-21(17(22)2)24(29)30-4/h5-13,15H,14H2,1-4H3,(H,26,28)/b25-15+. The lowest BCUT2D eigenvalue weighted by Gasteiger charge is -2.15. The molecule has 1 amide bonds. The van der Waals surface area contributed by atoms with E-state index in [2.05, 4.69) is 15.1 Å². The van der Waals surface area contributed by atoms with Crippen LogP contribution in [-0.2, 0) is 16.0 Å². The molecule has 1 aromatic heterocycles. The van der Waals surface area contributed by atoms with E-state index in [0.717, 1.165) is 33.8 Å². The van der Waals surface area contributed by atoms with Crippen LogP contribution in [0.5, 0.6) is 0 Å². The quantitative estimate of drug-likeness (QED) is 0.386. The lowest BCUT2D eigenvalue weighted by Crippen LogP contribution is -2.19. The van der Waals surface area contributed by atoms with Gasteiger partial charge in [0.05, 0.1) is 25.3 Å². The third kappa shape index (κ3) is 4.49. The van der Waals surface area contributed by atoms with Crippen molar-refractivity contribution >= 4 is 18.1 Å². The molecule has 0 atom stereocenters. The Balaban J connectivity index is 1.80. The number of carbonyl (C=O) groups excluding carboxylic acids is 2. The van der Waals surface area contributed by atoms with Crippen LogP contribution in [0.3, 0.4) is 0 Å². The summed E-state index contributed by atoms with van der Waals surface area (Å²) in [6, 6.07) is 17.1. The SMILES string of the molecule is COC(=O)c1cccc(-n2c(C)cc(/C=N/NC(=O)Cc3ccccc3)c2C)c1C. The van der Waals surface area contributed by atoms with Gasteiger partial charge >= 0.3 is 5.97 Å². The minimum absolute atomic E-state index is 0.173. The zero-order valence-corrected chi connectivity index (χ0v) is 17.6. The van der Waals surface area contributed by atoms with Gasteiger partial charge in [0, 0.05) is 22.6 Å². The normalized spacial score (nSPS) is 10.9. The average Bonchev–Trinajstić information content (AvgIpc) is 3.01. The minimum Gasteiger partial charge on any atom is -0.465 e. The molecule has 0 radical (unpaired) electrons. The Labute approximate surface area is 176 Å². The maximum absolute atomic E-state index is 12.1. The highest BCUT2D eigenvalue weighted by Gasteiger charge is 2.16. The van der Waals surface area contributed by atoms with Gasteiger partial charge in [-0.1, -0.05) is 36.4 Å². The molecule has 0 bridgehead atoms. The van der Waals surface area contributed by atoms with Crippen molar-refractivity contribution in [3.8, 4) is 5.69 Å². The van der Waals surface area contributed by atoms with E-state index in [9.17, 15) is 9.59 Å². The van der Waals surface area contributed by atoms with Crippen LogP contribution in [0.4, 0.5) is 0 Å². The molecule has 30 heavy (non-hydrogen) atoms. The summed E-state index contributed by atoms with van der Waals surface area (Å²) in [5.41, 5.74) is 8.63. The van der Waals surface area contributed by atoms with Crippen molar-refractivity contribution in [3.05, 3.63) is 88.2 Å². The number of rotatable bonds is 6. The molecule has 0 unspecified atom stereocenters. The molecule has 0 saturated heterocycles. The molecule has 0 aliphatic heterocycles.